The van der Waals surface area contributed by atoms with Crippen molar-refractivity contribution >= 4 is 43.4 Å². The molecule has 0 amide bonds. The summed E-state index contributed by atoms with van der Waals surface area (Å²) in [7, 11) is 0. The summed E-state index contributed by atoms with van der Waals surface area (Å²) in [5.74, 6) is 0. The summed E-state index contributed by atoms with van der Waals surface area (Å²) >= 11 is 3.85. The molecule has 40 heavy (non-hydrogen) atoms. The fourth-order valence-corrected chi connectivity index (χ4v) is 6.82. The van der Waals surface area contributed by atoms with E-state index in [2.05, 4.69) is 159 Å². The molecule has 2 nitrogen and oxygen atoms in total. The Morgan fingerprint density at radius 2 is 1.23 bits per heavy atom. The molecule has 0 radical (unpaired) electrons. The Morgan fingerprint density at radius 3 is 2.00 bits per heavy atom. The summed E-state index contributed by atoms with van der Waals surface area (Å²) in [5.41, 5.74) is 13.6. The number of fused-ring (bicyclic) bond motifs is 6. The predicted molar refractivity (Wildman–Crippen MR) is 172 cm³/mol. The Labute approximate surface area is 241 Å². The molecule has 0 aliphatic carbocycles. The van der Waals surface area contributed by atoms with E-state index in [1.165, 1.54) is 72.1 Å². The standard InChI is InChI=1S/C37H25BrN2/c38-32-15-8-16-33-37(32)36-27(23-39-33)11-7-14-29(36)26-18-20-35-31(22-26)30-21-25(24-9-3-1-4-10-24)17-19-34(30)40(35)28-12-5-2-6-13-28/h1-22,39H,23H2. The molecule has 3 heteroatoms. The quantitative estimate of drug-likeness (QED) is 0.221. The van der Waals surface area contributed by atoms with E-state index in [0.29, 0.717) is 0 Å². The van der Waals surface area contributed by atoms with Crippen LogP contribution in [0.2, 0.25) is 0 Å². The monoisotopic (exact) mass is 576 g/mol. The van der Waals surface area contributed by atoms with Crippen LogP contribution in [-0.4, -0.2) is 4.57 Å². The maximum Gasteiger partial charge on any atom is 0.0541 e. The average molecular weight is 578 g/mol. The molecule has 8 rings (SSSR count). The van der Waals surface area contributed by atoms with Gasteiger partial charge in [0.25, 0.3) is 0 Å². The highest BCUT2D eigenvalue weighted by molar-refractivity contribution is 9.10. The first kappa shape index (κ1) is 23.3. The number of benzene rings is 6. The number of aromatic nitrogens is 1. The minimum atomic E-state index is 0.822. The molecule has 0 unspecified atom stereocenters. The van der Waals surface area contributed by atoms with Gasteiger partial charge in [0.05, 0.1) is 11.0 Å². The van der Waals surface area contributed by atoms with E-state index in [-0.39, 0.29) is 0 Å². The van der Waals surface area contributed by atoms with Gasteiger partial charge in [-0.05, 0) is 81.9 Å². The molecule has 0 saturated heterocycles. The lowest BCUT2D eigenvalue weighted by Gasteiger charge is -2.25. The summed E-state index contributed by atoms with van der Waals surface area (Å²) in [5, 5.41) is 6.12. The van der Waals surface area contributed by atoms with Crippen LogP contribution in [0.4, 0.5) is 5.69 Å². The fraction of sp³-hybridized carbons (Fsp3) is 0.0270. The maximum absolute atomic E-state index is 3.85. The van der Waals surface area contributed by atoms with Crippen LogP contribution in [0, 0.1) is 0 Å². The van der Waals surface area contributed by atoms with Gasteiger partial charge < -0.3 is 9.88 Å². The zero-order chi connectivity index (χ0) is 26.6. The molecule has 1 aromatic heterocycles. The van der Waals surface area contributed by atoms with Gasteiger partial charge in [0, 0.05) is 38.7 Å². The minimum Gasteiger partial charge on any atom is -0.380 e. The largest absolute Gasteiger partial charge is 0.380 e. The molecule has 0 bridgehead atoms. The first-order valence-electron chi connectivity index (χ1n) is 13.6. The molecule has 6 aromatic carbocycles. The first-order valence-corrected chi connectivity index (χ1v) is 14.4. The van der Waals surface area contributed by atoms with Crippen molar-refractivity contribution in [1.82, 2.24) is 4.57 Å². The summed E-state index contributed by atoms with van der Waals surface area (Å²) in [4.78, 5) is 0. The van der Waals surface area contributed by atoms with Crippen LogP contribution >= 0.6 is 15.9 Å². The molecule has 190 valence electrons. The van der Waals surface area contributed by atoms with Crippen molar-refractivity contribution < 1.29 is 0 Å². The van der Waals surface area contributed by atoms with Gasteiger partial charge in [-0.1, -0.05) is 101 Å². The number of nitrogens with one attached hydrogen (secondary N) is 1. The van der Waals surface area contributed by atoms with Crippen LogP contribution in [0.25, 0.3) is 60.9 Å². The van der Waals surface area contributed by atoms with Crippen molar-refractivity contribution in [3.8, 4) is 39.1 Å². The molecule has 0 atom stereocenters. The van der Waals surface area contributed by atoms with Gasteiger partial charge in [-0.15, -0.1) is 0 Å². The van der Waals surface area contributed by atoms with Crippen molar-refractivity contribution in [1.29, 1.82) is 0 Å². The predicted octanol–water partition coefficient (Wildman–Crippen LogP) is 10.5. The minimum absolute atomic E-state index is 0.822. The van der Waals surface area contributed by atoms with Gasteiger partial charge in [0.2, 0.25) is 0 Å². The third-order valence-electron chi connectivity index (χ3n) is 8.08. The molecule has 1 aliphatic heterocycles. The number of rotatable bonds is 3. The maximum atomic E-state index is 3.85. The highest BCUT2D eigenvalue weighted by Crippen LogP contribution is 2.46. The summed E-state index contributed by atoms with van der Waals surface area (Å²) < 4.78 is 3.50. The van der Waals surface area contributed by atoms with E-state index in [9.17, 15) is 0 Å². The van der Waals surface area contributed by atoms with E-state index in [1.807, 2.05) is 0 Å². The summed E-state index contributed by atoms with van der Waals surface area (Å²) in [6.07, 6.45) is 0. The van der Waals surface area contributed by atoms with Crippen LogP contribution in [0.1, 0.15) is 5.56 Å². The Balaban J connectivity index is 1.41. The van der Waals surface area contributed by atoms with Gasteiger partial charge in [-0.2, -0.15) is 0 Å². The van der Waals surface area contributed by atoms with Crippen molar-refractivity contribution in [3.05, 3.63) is 143 Å². The van der Waals surface area contributed by atoms with Crippen LogP contribution in [0.3, 0.4) is 0 Å². The molecule has 1 aliphatic rings. The van der Waals surface area contributed by atoms with Crippen LogP contribution in [-0.2, 0) is 6.54 Å². The molecular weight excluding hydrogens is 552 g/mol. The van der Waals surface area contributed by atoms with E-state index in [4.69, 9.17) is 0 Å². The lowest BCUT2D eigenvalue weighted by molar-refractivity contribution is 1.13. The Hall–Kier alpha value is -4.60. The Bertz CT molecular complexity index is 2060. The number of nitrogens with zero attached hydrogens (tertiary/aromatic N) is 1. The second kappa shape index (κ2) is 9.25. The van der Waals surface area contributed by atoms with Gasteiger partial charge in [-0.3, -0.25) is 0 Å². The molecule has 1 N–H and O–H groups in total. The van der Waals surface area contributed by atoms with Crippen LogP contribution < -0.4 is 5.32 Å². The SMILES string of the molecule is Brc1cccc2c1-c1c(cccc1-c1ccc3c(c1)c1cc(-c4ccccc4)ccc1n3-c1ccccc1)CN2. The zero-order valence-electron chi connectivity index (χ0n) is 21.7. The molecule has 0 saturated carbocycles. The normalized spacial score (nSPS) is 12.2. The number of hydrogen-bond acceptors (Lipinski definition) is 1. The summed E-state index contributed by atoms with van der Waals surface area (Å²) in [6.45, 7) is 0.822. The van der Waals surface area contributed by atoms with Crippen LogP contribution in [0.15, 0.2) is 138 Å². The lowest BCUT2D eigenvalue weighted by atomic mass is 9.87. The molecular formula is C37H25BrN2. The topological polar surface area (TPSA) is 17.0 Å². The van der Waals surface area contributed by atoms with Crippen molar-refractivity contribution in [2.24, 2.45) is 0 Å². The average Bonchev–Trinajstić information content (AvgIpc) is 3.34. The van der Waals surface area contributed by atoms with E-state index < -0.39 is 0 Å². The first-order chi connectivity index (χ1) is 19.8. The molecule has 2 heterocycles. The highest BCUT2D eigenvalue weighted by atomic mass is 79.9. The third kappa shape index (κ3) is 3.62. The Kier molecular flexibility index (Phi) is 5.39. The molecule has 7 aromatic rings. The highest BCUT2D eigenvalue weighted by Gasteiger charge is 2.22. The number of para-hydroxylation sites is 1. The van der Waals surface area contributed by atoms with Crippen LogP contribution in [0.5, 0.6) is 0 Å². The third-order valence-corrected chi connectivity index (χ3v) is 8.74. The zero-order valence-corrected chi connectivity index (χ0v) is 23.3. The van der Waals surface area contributed by atoms with Gasteiger partial charge in [0.15, 0.2) is 0 Å². The summed E-state index contributed by atoms with van der Waals surface area (Å²) in [6, 6.07) is 48.2. The Morgan fingerprint density at radius 1 is 0.550 bits per heavy atom. The molecule has 0 spiro atoms. The lowest BCUT2D eigenvalue weighted by Crippen LogP contribution is -2.09. The second-order valence-electron chi connectivity index (χ2n) is 10.4. The van der Waals surface area contributed by atoms with Gasteiger partial charge >= 0.3 is 0 Å². The number of anilines is 1. The molecule has 0 fully saturated rings. The smallest absolute Gasteiger partial charge is 0.0541 e. The van der Waals surface area contributed by atoms with Gasteiger partial charge in [-0.25, -0.2) is 0 Å². The van der Waals surface area contributed by atoms with Crippen molar-refractivity contribution in [3.63, 3.8) is 0 Å². The van der Waals surface area contributed by atoms with E-state index in [1.54, 1.807) is 0 Å². The fourth-order valence-electron chi connectivity index (χ4n) is 6.26. The van der Waals surface area contributed by atoms with E-state index in [0.717, 1.165) is 11.0 Å². The van der Waals surface area contributed by atoms with Gasteiger partial charge in [0.1, 0.15) is 0 Å². The van der Waals surface area contributed by atoms with Crippen molar-refractivity contribution in [2.75, 3.05) is 5.32 Å². The number of halogens is 1. The van der Waals surface area contributed by atoms with Crippen molar-refractivity contribution in [2.45, 2.75) is 6.54 Å². The second-order valence-corrected chi connectivity index (χ2v) is 11.2. The van der Waals surface area contributed by atoms with E-state index >= 15 is 0 Å². The number of hydrogen-bond donors (Lipinski definition) is 1.